The Morgan fingerprint density at radius 1 is 0.767 bits per heavy atom. The van der Waals surface area contributed by atoms with E-state index >= 15 is 0 Å². The molecule has 3 aromatic rings. The molecule has 30 heavy (non-hydrogen) atoms. The summed E-state index contributed by atoms with van der Waals surface area (Å²) in [4.78, 5) is 8.44. The number of guanidine groups is 2. The van der Waals surface area contributed by atoms with Gasteiger partial charge in [0.15, 0.2) is 11.9 Å². The van der Waals surface area contributed by atoms with Gasteiger partial charge in [-0.15, -0.1) is 0 Å². The third-order valence-corrected chi connectivity index (χ3v) is 5.66. The zero-order valence-corrected chi connectivity index (χ0v) is 18.6. The minimum absolute atomic E-state index is 0.592. The zero-order valence-electron chi connectivity index (χ0n) is 15.5. The van der Waals surface area contributed by atoms with Crippen molar-refractivity contribution in [2.24, 2.45) is 9.98 Å². The molecule has 8 nitrogen and oxygen atoms in total. The maximum Gasteiger partial charge on any atom is 0.196 e. The second kappa shape index (κ2) is 9.65. The van der Waals surface area contributed by atoms with Crippen molar-refractivity contribution in [1.82, 2.24) is 19.4 Å². The van der Waals surface area contributed by atoms with Crippen molar-refractivity contribution >= 4 is 80.9 Å². The predicted octanol–water partition coefficient (Wildman–Crippen LogP) is 4.08. The van der Waals surface area contributed by atoms with Crippen molar-refractivity contribution in [3.8, 4) is 0 Å². The standard InChI is InChI=1S/C9H9Cl2N3.C9H8ClN5S/c10-6-2-1-3-7(11)8(6)14-9-12-4-5-13-9;10-5-1-2-6-8(15-16-14-6)7(5)13-9-11-3-4-12-9/h1-3H,4-5H2,(H2,12,13,14);1-2H,3-4H2,(H2,11,12,13). The molecule has 3 heterocycles. The van der Waals surface area contributed by atoms with Crippen molar-refractivity contribution in [3.05, 3.63) is 45.4 Å². The number of fused-ring (bicyclic) bond motifs is 1. The number of aliphatic imine (C=N–C) groups is 2. The molecule has 0 saturated carbocycles. The van der Waals surface area contributed by atoms with E-state index < -0.39 is 0 Å². The Morgan fingerprint density at radius 2 is 1.37 bits per heavy atom. The summed E-state index contributed by atoms with van der Waals surface area (Å²) in [6.07, 6.45) is 0. The molecule has 5 rings (SSSR count). The van der Waals surface area contributed by atoms with E-state index in [9.17, 15) is 0 Å². The van der Waals surface area contributed by atoms with Gasteiger partial charge in [0.25, 0.3) is 0 Å². The quantitative estimate of drug-likeness (QED) is 0.438. The highest BCUT2D eigenvalue weighted by Gasteiger charge is 2.13. The van der Waals surface area contributed by atoms with Crippen LogP contribution < -0.4 is 21.3 Å². The van der Waals surface area contributed by atoms with Crippen LogP contribution in [-0.2, 0) is 0 Å². The number of nitrogens with zero attached hydrogens (tertiary/aromatic N) is 4. The average Bonchev–Trinajstić information content (AvgIpc) is 3.50. The van der Waals surface area contributed by atoms with Gasteiger partial charge in [0, 0.05) is 13.1 Å². The monoisotopic (exact) mass is 482 g/mol. The molecule has 156 valence electrons. The number of rotatable bonds is 2. The van der Waals surface area contributed by atoms with Crippen LogP contribution in [0.25, 0.3) is 11.0 Å². The lowest BCUT2D eigenvalue weighted by Crippen LogP contribution is -2.26. The maximum atomic E-state index is 6.13. The van der Waals surface area contributed by atoms with Crippen molar-refractivity contribution < 1.29 is 0 Å². The second-order valence-corrected chi connectivity index (χ2v) is 7.97. The van der Waals surface area contributed by atoms with Crippen LogP contribution in [0.15, 0.2) is 40.3 Å². The molecule has 2 aliphatic rings. The molecule has 0 radical (unpaired) electrons. The highest BCUT2D eigenvalue weighted by Crippen LogP contribution is 2.30. The van der Waals surface area contributed by atoms with E-state index in [1.54, 1.807) is 18.2 Å². The lowest BCUT2D eigenvalue weighted by molar-refractivity contribution is 0.959. The summed E-state index contributed by atoms with van der Waals surface area (Å²) in [6.45, 7) is 3.27. The Balaban J connectivity index is 0.000000147. The fourth-order valence-electron chi connectivity index (χ4n) is 2.76. The highest BCUT2D eigenvalue weighted by atomic mass is 35.5. The molecule has 0 spiro atoms. The number of hydrogen-bond acceptors (Lipinski definition) is 9. The Hall–Kier alpha value is -2.33. The van der Waals surface area contributed by atoms with E-state index in [-0.39, 0.29) is 0 Å². The molecule has 0 atom stereocenters. The molecule has 0 bridgehead atoms. The summed E-state index contributed by atoms with van der Waals surface area (Å²) < 4.78 is 8.39. The van der Waals surface area contributed by atoms with Gasteiger partial charge < -0.3 is 21.3 Å². The molecule has 0 amide bonds. The summed E-state index contributed by atoms with van der Waals surface area (Å²) >= 11 is 19.3. The molecule has 4 N–H and O–H groups in total. The normalized spacial score (nSPS) is 14.9. The predicted molar refractivity (Wildman–Crippen MR) is 127 cm³/mol. The lowest BCUT2D eigenvalue weighted by atomic mass is 10.2. The molecule has 1 aromatic heterocycles. The lowest BCUT2D eigenvalue weighted by Gasteiger charge is -2.09. The van der Waals surface area contributed by atoms with Gasteiger partial charge in [0.2, 0.25) is 0 Å². The Labute approximate surface area is 192 Å². The Bertz CT molecular complexity index is 1090. The van der Waals surface area contributed by atoms with E-state index in [0.717, 1.165) is 54.8 Å². The van der Waals surface area contributed by atoms with Gasteiger partial charge in [0.05, 0.1) is 51.3 Å². The smallest absolute Gasteiger partial charge is 0.196 e. The van der Waals surface area contributed by atoms with E-state index in [2.05, 4.69) is 40.0 Å². The molecular formula is C18H17Cl3N8S. The number of aromatic nitrogens is 2. The summed E-state index contributed by atoms with van der Waals surface area (Å²) in [5.41, 5.74) is 3.09. The van der Waals surface area contributed by atoms with Crippen LogP contribution in [0.5, 0.6) is 0 Å². The topological polar surface area (TPSA) is 98.6 Å². The van der Waals surface area contributed by atoms with E-state index in [1.807, 2.05) is 12.1 Å². The second-order valence-electron chi connectivity index (χ2n) is 6.22. The first kappa shape index (κ1) is 20.9. The van der Waals surface area contributed by atoms with Crippen LogP contribution in [-0.4, -0.2) is 46.8 Å². The number of halogens is 3. The van der Waals surface area contributed by atoms with E-state index in [4.69, 9.17) is 34.8 Å². The van der Waals surface area contributed by atoms with E-state index in [0.29, 0.717) is 20.8 Å². The highest BCUT2D eigenvalue weighted by molar-refractivity contribution is 7.00. The molecule has 2 aliphatic heterocycles. The maximum absolute atomic E-state index is 6.13. The van der Waals surface area contributed by atoms with Gasteiger partial charge in [-0.2, -0.15) is 8.75 Å². The molecule has 12 heteroatoms. The molecule has 2 aromatic carbocycles. The van der Waals surface area contributed by atoms with Crippen LogP contribution in [0, 0.1) is 0 Å². The van der Waals surface area contributed by atoms with Crippen molar-refractivity contribution in [2.75, 3.05) is 36.8 Å². The average molecular weight is 484 g/mol. The number of hydrogen-bond donors (Lipinski definition) is 4. The Kier molecular flexibility index (Phi) is 6.73. The zero-order chi connectivity index (χ0) is 20.9. The van der Waals surface area contributed by atoms with Gasteiger partial charge in [-0.1, -0.05) is 40.9 Å². The SMILES string of the molecule is Clc1ccc2nsnc2c1NC1=NCCN1.Clc1cccc(Cl)c1NC1=NCCN1. The molecule has 0 fully saturated rings. The first-order valence-electron chi connectivity index (χ1n) is 9.07. The van der Waals surface area contributed by atoms with Crippen LogP contribution >= 0.6 is 46.5 Å². The number of anilines is 2. The van der Waals surface area contributed by atoms with Crippen molar-refractivity contribution in [2.45, 2.75) is 0 Å². The van der Waals surface area contributed by atoms with Crippen LogP contribution in [0.1, 0.15) is 0 Å². The first-order chi connectivity index (χ1) is 14.6. The van der Waals surface area contributed by atoms with Gasteiger partial charge in [-0.25, -0.2) is 0 Å². The summed E-state index contributed by atoms with van der Waals surface area (Å²) in [7, 11) is 0. The largest absolute Gasteiger partial charge is 0.354 e. The van der Waals surface area contributed by atoms with Crippen LogP contribution in [0.2, 0.25) is 15.1 Å². The summed E-state index contributed by atoms with van der Waals surface area (Å²) in [6, 6.07) is 9.04. The third kappa shape index (κ3) is 4.86. The van der Waals surface area contributed by atoms with Crippen LogP contribution in [0.4, 0.5) is 11.4 Å². The van der Waals surface area contributed by atoms with E-state index in [1.165, 1.54) is 11.7 Å². The van der Waals surface area contributed by atoms with Gasteiger partial charge >= 0.3 is 0 Å². The fraction of sp³-hybridized carbons (Fsp3) is 0.222. The minimum Gasteiger partial charge on any atom is -0.354 e. The van der Waals surface area contributed by atoms with Crippen molar-refractivity contribution in [1.29, 1.82) is 0 Å². The molecular weight excluding hydrogens is 467 g/mol. The van der Waals surface area contributed by atoms with Gasteiger partial charge in [0.1, 0.15) is 11.0 Å². The van der Waals surface area contributed by atoms with Crippen LogP contribution in [0.3, 0.4) is 0 Å². The summed E-state index contributed by atoms with van der Waals surface area (Å²) in [5.74, 6) is 1.46. The number of para-hydroxylation sites is 1. The van der Waals surface area contributed by atoms with Crippen molar-refractivity contribution in [3.63, 3.8) is 0 Å². The van der Waals surface area contributed by atoms with Gasteiger partial charge in [-0.3, -0.25) is 9.98 Å². The fourth-order valence-corrected chi connectivity index (χ4v) is 4.00. The number of nitrogens with one attached hydrogen (secondary N) is 4. The molecule has 0 unspecified atom stereocenters. The molecule has 0 aliphatic carbocycles. The Morgan fingerprint density at radius 3 is 1.97 bits per heavy atom. The van der Waals surface area contributed by atoms with Gasteiger partial charge in [-0.05, 0) is 24.3 Å². The summed E-state index contributed by atoms with van der Waals surface area (Å²) in [5, 5.41) is 14.2. The first-order valence-corrected chi connectivity index (χ1v) is 10.9. The molecule has 0 saturated heterocycles. The minimum atomic E-state index is 0.592. The number of benzene rings is 2. The third-order valence-electron chi connectivity index (χ3n) is 4.17.